The lowest BCUT2D eigenvalue weighted by molar-refractivity contribution is -0.144. The minimum Gasteiger partial charge on any atom is -0.492 e. The minimum atomic E-state index is -1.21. The van der Waals surface area contributed by atoms with Crippen LogP contribution >= 0.6 is 0 Å². The molecule has 0 radical (unpaired) electrons. The fraction of sp³-hybridized carbons (Fsp3) is 0.481. The van der Waals surface area contributed by atoms with E-state index < -0.39 is 5.41 Å². The number of aromatic nitrogens is 1. The van der Waals surface area contributed by atoms with Gasteiger partial charge in [0.25, 0.3) is 0 Å². The lowest BCUT2D eigenvalue weighted by atomic mass is 9.75. The normalized spacial score (nSPS) is 22.5. The predicted octanol–water partition coefficient (Wildman–Crippen LogP) is 2.70. The zero-order chi connectivity index (χ0) is 24.7. The number of benzene rings is 1. The van der Waals surface area contributed by atoms with E-state index in [1.807, 2.05) is 35.2 Å². The maximum atomic E-state index is 13.8. The van der Waals surface area contributed by atoms with Gasteiger partial charge < -0.3 is 14.7 Å². The van der Waals surface area contributed by atoms with Crippen molar-refractivity contribution in [3.63, 3.8) is 0 Å². The molecule has 0 unspecified atom stereocenters. The van der Waals surface area contributed by atoms with Crippen molar-refractivity contribution in [2.75, 3.05) is 26.3 Å². The van der Waals surface area contributed by atoms with Gasteiger partial charge in [-0.2, -0.15) is 0 Å². The first-order valence-electron chi connectivity index (χ1n) is 12.4. The molecule has 2 fully saturated rings. The van der Waals surface area contributed by atoms with Crippen molar-refractivity contribution in [2.24, 2.45) is 0 Å². The molecule has 3 amide bonds. The third-order valence-electron chi connectivity index (χ3n) is 7.03. The summed E-state index contributed by atoms with van der Waals surface area (Å²) in [4.78, 5) is 47.5. The Hall–Kier alpha value is -3.26. The number of carbonyl (C=O) groups excluding carboxylic acids is 3. The van der Waals surface area contributed by atoms with Gasteiger partial charge in [0.1, 0.15) is 5.75 Å². The topological polar surface area (TPSA) is 100 Å². The number of imide groups is 1. The molecule has 1 aromatic carbocycles. The summed E-state index contributed by atoms with van der Waals surface area (Å²) >= 11 is 0. The van der Waals surface area contributed by atoms with Crippen LogP contribution in [-0.2, 0) is 19.8 Å². The smallest absolute Gasteiger partial charge is 0.240 e. The van der Waals surface area contributed by atoms with E-state index in [0.717, 1.165) is 19.3 Å². The van der Waals surface area contributed by atoms with Gasteiger partial charge in [0.15, 0.2) is 0 Å². The van der Waals surface area contributed by atoms with Gasteiger partial charge in [-0.1, -0.05) is 30.3 Å². The second-order valence-electron chi connectivity index (χ2n) is 9.29. The molecule has 35 heavy (non-hydrogen) atoms. The number of likely N-dealkylation sites (tertiary alicyclic amines) is 2. The maximum Gasteiger partial charge on any atom is 0.240 e. The molecule has 0 bridgehead atoms. The summed E-state index contributed by atoms with van der Waals surface area (Å²) in [6.07, 6.45) is 6.98. The quantitative estimate of drug-likeness (QED) is 0.416. The number of hydrogen-bond acceptors (Lipinski definition) is 6. The molecule has 2 aromatic rings. The molecule has 0 spiro atoms. The van der Waals surface area contributed by atoms with Crippen LogP contribution < -0.4 is 4.74 Å². The summed E-state index contributed by atoms with van der Waals surface area (Å²) in [5.41, 5.74) is -0.516. The average Bonchev–Trinajstić information content (AvgIpc) is 3.13. The minimum absolute atomic E-state index is 0.0184. The number of ether oxygens (including phenoxy) is 1. The fourth-order valence-electron chi connectivity index (χ4n) is 5.23. The SMILES string of the molecule is O=C1C[C@](CC(=O)N2CCCC[C@H]2CCO)(c2ccccc2)C(=O)N1CCCOc1cccnc1. The van der Waals surface area contributed by atoms with Crippen LogP contribution in [0.25, 0.3) is 0 Å². The fourth-order valence-corrected chi connectivity index (χ4v) is 5.23. The molecule has 2 aliphatic heterocycles. The summed E-state index contributed by atoms with van der Waals surface area (Å²) < 4.78 is 5.66. The van der Waals surface area contributed by atoms with Gasteiger partial charge in [-0.25, -0.2) is 0 Å². The van der Waals surface area contributed by atoms with Crippen molar-refractivity contribution in [1.29, 1.82) is 0 Å². The highest BCUT2D eigenvalue weighted by Crippen LogP contribution is 2.41. The molecule has 0 saturated carbocycles. The number of hydrogen-bond donors (Lipinski definition) is 1. The van der Waals surface area contributed by atoms with Crippen LogP contribution in [0.4, 0.5) is 0 Å². The van der Waals surface area contributed by atoms with Gasteiger partial charge in [-0.05, 0) is 49.8 Å². The summed E-state index contributed by atoms with van der Waals surface area (Å²) in [6.45, 7) is 1.21. The molecule has 8 nitrogen and oxygen atoms in total. The Morgan fingerprint density at radius 1 is 1.14 bits per heavy atom. The maximum absolute atomic E-state index is 13.8. The largest absolute Gasteiger partial charge is 0.492 e. The third kappa shape index (κ3) is 5.53. The zero-order valence-electron chi connectivity index (χ0n) is 20.0. The number of nitrogens with zero attached hydrogens (tertiary/aromatic N) is 3. The Balaban J connectivity index is 1.49. The van der Waals surface area contributed by atoms with Gasteiger partial charge >= 0.3 is 0 Å². The van der Waals surface area contributed by atoms with Crippen molar-refractivity contribution in [1.82, 2.24) is 14.8 Å². The van der Waals surface area contributed by atoms with E-state index in [0.29, 0.717) is 37.3 Å². The standard InChI is InChI=1S/C27H33N3O5/c31-16-12-22-10-4-5-14-29(22)24(32)18-27(21-8-2-1-3-9-21)19-25(33)30(26(27)34)15-7-17-35-23-11-6-13-28-20-23/h1-3,6,8-9,11,13,20,22,31H,4-5,7,10,12,14-19H2/t22-,27+/m0/s1. The molecule has 1 aromatic heterocycles. The van der Waals surface area contributed by atoms with Crippen LogP contribution in [-0.4, -0.2) is 70.0 Å². The molecule has 186 valence electrons. The molecular weight excluding hydrogens is 446 g/mol. The Kier molecular flexibility index (Phi) is 8.13. The van der Waals surface area contributed by atoms with E-state index in [1.54, 1.807) is 24.5 Å². The zero-order valence-corrected chi connectivity index (χ0v) is 20.0. The molecule has 4 rings (SSSR count). The Morgan fingerprint density at radius 2 is 1.97 bits per heavy atom. The van der Waals surface area contributed by atoms with Crippen LogP contribution in [0.1, 0.15) is 50.5 Å². The number of aliphatic hydroxyl groups excluding tert-OH is 1. The highest BCUT2D eigenvalue weighted by molar-refractivity contribution is 6.10. The second-order valence-corrected chi connectivity index (χ2v) is 9.29. The number of piperidine rings is 1. The van der Waals surface area contributed by atoms with Crippen molar-refractivity contribution in [2.45, 2.75) is 56.4 Å². The molecule has 2 aliphatic rings. The van der Waals surface area contributed by atoms with E-state index in [2.05, 4.69) is 4.98 Å². The van der Waals surface area contributed by atoms with Crippen molar-refractivity contribution in [3.05, 3.63) is 60.4 Å². The Bertz CT molecular complexity index is 1010. The van der Waals surface area contributed by atoms with Gasteiger partial charge in [0.05, 0.1) is 18.2 Å². The second kappa shape index (κ2) is 11.4. The first kappa shape index (κ1) is 24.9. The molecule has 2 atom stereocenters. The monoisotopic (exact) mass is 479 g/mol. The first-order valence-corrected chi connectivity index (χ1v) is 12.4. The van der Waals surface area contributed by atoms with Crippen LogP contribution in [0.2, 0.25) is 0 Å². The van der Waals surface area contributed by atoms with E-state index in [9.17, 15) is 19.5 Å². The molecular formula is C27H33N3O5. The van der Waals surface area contributed by atoms with E-state index in [1.165, 1.54) is 4.90 Å². The summed E-state index contributed by atoms with van der Waals surface area (Å²) in [7, 11) is 0. The lowest BCUT2D eigenvalue weighted by Gasteiger charge is -2.38. The molecule has 3 heterocycles. The van der Waals surface area contributed by atoms with Crippen molar-refractivity contribution in [3.8, 4) is 5.75 Å². The summed E-state index contributed by atoms with van der Waals surface area (Å²) in [5.74, 6) is -0.0811. The number of amides is 3. The van der Waals surface area contributed by atoms with Gasteiger partial charge in [0, 0.05) is 44.8 Å². The highest BCUT2D eigenvalue weighted by Gasteiger charge is 2.54. The summed E-state index contributed by atoms with van der Waals surface area (Å²) in [5, 5.41) is 9.46. The molecule has 0 aliphatic carbocycles. The number of rotatable bonds is 10. The van der Waals surface area contributed by atoms with Gasteiger partial charge in [-0.15, -0.1) is 0 Å². The Labute approximate surface area is 205 Å². The lowest BCUT2D eigenvalue weighted by Crippen LogP contribution is -2.48. The number of pyridine rings is 1. The van der Waals surface area contributed by atoms with Crippen LogP contribution in [0.5, 0.6) is 5.75 Å². The third-order valence-corrected chi connectivity index (χ3v) is 7.03. The van der Waals surface area contributed by atoms with Gasteiger partial charge in [-0.3, -0.25) is 24.3 Å². The van der Waals surface area contributed by atoms with Crippen molar-refractivity contribution < 1.29 is 24.2 Å². The van der Waals surface area contributed by atoms with E-state index >= 15 is 0 Å². The average molecular weight is 480 g/mol. The van der Waals surface area contributed by atoms with E-state index in [4.69, 9.17) is 4.74 Å². The van der Waals surface area contributed by atoms with E-state index in [-0.39, 0.29) is 49.8 Å². The number of aliphatic hydroxyl groups is 1. The van der Waals surface area contributed by atoms with Crippen LogP contribution in [0.15, 0.2) is 54.9 Å². The van der Waals surface area contributed by atoms with Crippen LogP contribution in [0, 0.1) is 0 Å². The van der Waals surface area contributed by atoms with Crippen molar-refractivity contribution >= 4 is 17.7 Å². The Morgan fingerprint density at radius 3 is 2.71 bits per heavy atom. The molecule has 2 saturated heterocycles. The first-order chi connectivity index (χ1) is 17.0. The molecule has 8 heteroatoms. The molecule has 1 N–H and O–H groups in total. The highest BCUT2D eigenvalue weighted by atomic mass is 16.5. The van der Waals surface area contributed by atoms with Gasteiger partial charge in [0.2, 0.25) is 17.7 Å². The summed E-state index contributed by atoms with van der Waals surface area (Å²) in [6, 6.07) is 12.7. The predicted molar refractivity (Wildman–Crippen MR) is 129 cm³/mol. The number of carbonyl (C=O) groups is 3. The van der Waals surface area contributed by atoms with Crippen LogP contribution in [0.3, 0.4) is 0 Å².